The minimum atomic E-state index is 0.612. The smallest absolute Gasteiger partial charge is 0.0812 e. The fourth-order valence-corrected chi connectivity index (χ4v) is 3.52. The van der Waals surface area contributed by atoms with Gasteiger partial charge in [0.25, 0.3) is 0 Å². The van der Waals surface area contributed by atoms with Crippen LogP contribution in [0.15, 0.2) is 0 Å². The molecule has 4 atom stereocenters. The summed E-state index contributed by atoms with van der Waals surface area (Å²) < 4.78 is 5.26. The Kier molecular flexibility index (Phi) is 19.0. The highest BCUT2D eigenvalue weighted by Gasteiger charge is 2.25. The van der Waals surface area contributed by atoms with Crippen LogP contribution in [-0.2, 0) is 4.74 Å². The molecule has 4 unspecified atom stereocenters. The summed E-state index contributed by atoms with van der Waals surface area (Å²) in [5.41, 5.74) is 10.7. The van der Waals surface area contributed by atoms with E-state index in [9.17, 15) is 0 Å². The van der Waals surface area contributed by atoms with Gasteiger partial charge >= 0.3 is 0 Å². The first-order valence-corrected chi connectivity index (χ1v) is 11.5. The zero-order chi connectivity index (χ0) is 20.3. The second kappa shape index (κ2) is 19.1. The van der Waals surface area contributed by atoms with Gasteiger partial charge in [0.2, 0.25) is 0 Å². The van der Waals surface area contributed by atoms with E-state index < -0.39 is 0 Å². The van der Waals surface area contributed by atoms with Crippen molar-refractivity contribution in [3.8, 4) is 0 Å². The Morgan fingerprint density at radius 1 is 0.815 bits per heavy atom. The Hall–Kier alpha value is -0.200. The quantitative estimate of drug-likeness (QED) is 0.228. The lowest BCUT2D eigenvalue weighted by atomic mass is 9.87. The monoisotopic (exact) mass is 386 g/mol. The molecule has 1 rings (SSSR count). The van der Waals surface area contributed by atoms with Gasteiger partial charge in [0.1, 0.15) is 0 Å². The fourth-order valence-electron chi connectivity index (χ4n) is 3.52. The first-order valence-electron chi connectivity index (χ1n) is 11.5. The average Bonchev–Trinajstić information content (AvgIpc) is 3.44. The number of nitrogens with two attached hydrogens (primary N) is 2. The fraction of sp³-hybridized carbons (Fsp3) is 1.00. The summed E-state index contributed by atoms with van der Waals surface area (Å²) in [7, 11) is 0. The second-order valence-electron chi connectivity index (χ2n) is 8.52. The molecule has 0 amide bonds. The van der Waals surface area contributed by atoms with E-state index in [0.717, 1.165) is 63.6 Å². The van der Waals surface area contributed by atoms with E-state index in [1.165, 1.54) is 44.9 Å². The Morgan fingerprint density at radius 3 is 1.78 bits per heavy atom. The van der Waals surface area contributed by atoms with Gasteiger partial charge in [-0.25, -0.2) is 0 Å². The molecular formula is C22H50N4O. The molecular weight excluding hydrogens is 336 g/mol. The van der Waals surface area contributed by atoms with Crippen LogP contribution in [0.1, 0.15) is 72.6 Å². The van der Waals surface area contributed by atoms with Gasteiger partial charge < -0.3 is 26.8 Å². The molecule has 1 aliphatic rings. The van der Waals surface area contributed by atoms with Crippen LogP contribution < -0.4 is 22.1 Å². The van der Waals surface area contributed by atoms with Crippen LogP contribution in [-0.4, -0.2) is 52.0 Å². The highest BCUT2D eigenvalue weighted by Crippen LogP contribution is 2.27. The van der Waals surface area contributed by atoms with Crippen LogP contribution in [0.4, 0.5) is 0 Å². The van der Waals surface area contributed by atoms with Crippen molar-refractivity contribution in [3.05, 3.63) is 0 Å². The summed E-state index contributed by atoms with van der Waals surface area (Å²) in [6.45, 7) is 16.0. The highest BCUT2D eigenvalue weighted by atomic mass is 16.6. The normalized spacial score (nSPS) is 19.1. The van der Waals surface area contributed by atoms with Crippen molar-refractivity contribution in [1.29, 1.82) is 0 Å². The molecule has 5 nitrogen and oxygen atoms in total. The molecule has 27 heavy (non-hydrogen) atoms. The summed E-state index contributed by atoms with van der Waals surface area (Å²) in [6.07, 6.45) is 9.75. The molecule has 0 aromatic rings. The summed E-state index contributed by atoms with van der Waals surface area (Å²) in [6, 6.07) is 0. The Balaban J connectivity index is 0.000000503. The number of epoxide rings is 1. The molecule has 1 heterocycles. The predicted octanol–water partition coefficient (Wildman–Crippen LogP) is 3.13. The van der Waals surface area contributed by atoms with Gasteiger partial charge in [-0.1, -0.05) is 40.5 Å². The van der Waals surface area contributed by atoms with Crippen molar-refractivity contribution >= 4 is 0 Å². The largest absolute Gasteiger partial charge is 0.373 e. The molecule has 0 radical (unpaired) electrons. The van der Waals surface area contributed by atoms with Crippen molar-refractivity contribution in [3.63, 3.8) is 0 Å². The van der Waals surface area contributed by atoms with Gasteiger partial charge in [-0.2, -0.15) is 0 Å². The van der Waals surface area contributed by atoms with Gasteiger partial charge in [0.15, 0.2) is 0 Å². The van der Waals surface area contributed by atoms with Crippen LogP contribution in [0.2, 0.25) is 0 Å². The SMILES string of the molecule is CCC(C)CC(C)CC(C)CC1CO1.NCCNCCCCCNCCN. The molecule has 0 saturated carbocycles. The summed E-state index contributed by atoms with van der Waals surface area (Å²) in [5, 5.41) is 6.54. The van der Waals surface area contributed by atoms with Gasteiger partial charge in [0.05, 0.1) is 12.7 Å². The van der Waals surface area contributed by atoms with Gasteiger partial charge in [0, 0.05) is 26.2 Å². The van der Waals surface area contributed by atoms with E-state index in [0.29, 0.717) is 6.10 Å². The lowest BCUT2D eigenvalue weighted by Gasteiger charge is -2.19. The molecule has 0 aliphatic carbocycles. The molecule has 0 bridgehead atoms. The molecule has 1 fully saturated rings. The minimum Gasteiger partial charge on any atom is -0.373 e. The van der Waals surface area contributed by atoms with Gasteiger partial charge in [-0.05, 0) is 62.9 Å². The van der Waals surface area contributed by atoms with Gasteiger partial charge in [-0.15, -0.1) is 0 Å². The maximum absolute atomic E-state index is 5.34. The topological polar surface area (TPSA) is 88.6 Å². The molecule has 0 spiro atoms. The van der Waals surface area contributed by atoms with E-state index in [2.05, 4.69) is 38.3 Å². The van der Waals surface area contributed by atoms with Crippen molar-refractivity contribution in [1.82, 2.24) is 10.6 Å². The summed E-state index contributed by atoms with van der Waals surface area (Å²) in [5.74, 6) is 2.63. The number of nitrogens with one attached hydrogen (secondary N) is 2. The molecule has 1 saturated heterocycles. The van der Waals surface area contributed by atoms with Crippen LogP contribution in [0, 0.1) is 17.8 Å². The molecule has 0 aromatic heterocycles. The van der Waals surface area contributed by atoms with Crippen molar-refractivity contribution < 1.29 is 4.74 Å². The van der Waals surface area contributed by atoms with Crippen molar-refractivity contribution in [2.45, 2.75) is 78.7 Å². The van der Waals surface area contributed by atoms with Crippen LogP contribution in [0.3, 0.4) is 0 Å². The van der Waals surface area contributed by atoms with Crippen LogP contribution in [0.25, 0.3) is 0 Å². The molecule has 1 aliphatic heterocycles. The zero-order valence-corrected chi connectivity index (χ0v) is 18.8. The maximum Gasteiger partial charge on any atom is 0.0812 e. The zero-order valence-electron chi connectivity index (χ0n) is 18.8. The third-order valence-corrected chi connectivity index (χ3v) is 5.22. The van der Waals surface area contributed by atoms with Crippen LogP contribution >= 0.6 is 0 Å². The number of hydrogen-bond acceptors (Lipinski definition) is 5. The van der Waals surface area contributed by atoms with E-state index in [4.69, 9.17) is 16.2 Å². The van der Waals surface area contributed by atoms with E-state index in [1.807, 2.05) is 0 Å². The Labute approximate surface area is 169 Å². The average molecular weight is 387 g/mol. The first kappa shape index (κ1) is 26.8. The predicted molar refractivity (Wildman–Crippen MR) is 119 cm³/mol. The molecule has 164 valence electrons. The Bertz CT molecular complexity index is 290. The van der Waals surface area contributed by atoms with Crippen molar-refractivity contribution in [2.24, 2.45) is 29.2 Å². The number of ether oxygens (including phenoxy) is 1. The van der Waals surface area contributed by atoms with E-state index >= 15 is 0 Å². The van der Waals surface area contributed by atoms with Gasteiger partial charge in [-0.3, -0.25) is 0 Å². The third kappa shape index (κ3) is 20.3. The Morgan fingerprint density at radius 2 is 1.33 bits per heavy atom. The molecule has 5 heteroatoms. The number of unbranched alkanes of at least 4 members (excludes halogenated alkanes) is 2. The highest BCUT2D eigenvalue weighted by molar-refractivity contribution is 4.73. The van der Waals surface area contributed by atoms with E-state index in [1.54, 1.807) is 0 Å². The summed E-state index contributed by atoms with van der Waals surface area (Å²) in [4.78, 5) is 0. The molecule has 6 N–H and O–H groups in total. The third-order valence-electron chi connectivity index (χ3n) is 5.22. The second-order valence-corrected chi connectivity index (χ2v) is 8.52. The van der Waals surface area contributed by atoms with Crippen LogP contribution in [0.5, 0.6) is 0 Å². The first-order chi connectivity index (χ1) is 13.0. The van der Waals surface area contributed by atoms with E-state index in [-0.39, 0.29) is 0 Å². The number of rotatable bonds is 17. The lowest BCUT2D eigenvalue weighted by Crippen LogP contribution is -2.24. The standard InChI is InChI=1S/C13H26O.C9H24N4/c1-5-10(2)6-11(3)7-12(4)8-13-9-14-13;10-4-8-12-6-2-1-3-7-13-9-5-11/h10-13H,5-9H2,1-4H3;12-13H,1-11H2. The minimum absolute atomic E-state index is 0.612. The van der Waals surface area contributed by atoms with Crippen molar-refractivity contribution in [2.75, 3.05) is 45.9 Å². The molecule has 0 aromatic carbocycles. The number of hydrogen-bond donors (Lipinski definition) is 4. The lowest BCUT2D eigenvalue weighted by molar-refractivity contribution is 0.301. The maximum atomic E-state index is 5.34. The summed E-state index contributed by atoms with van der Waals surface area (Å²) >= 11 is 0.